The summed E-state index contributed by atoms with van der Waals surface area (Å²) in [7, 11) is 2.00. The molecule has 0 saturated carbocycles. The van der Waals surface area contributed by atoms with Crippen molar-refractivity contribution in [3.8, 4) is 0 Å². The number of likely N-dealkylation sites (tertiary alicyclic amines) is 1. The van der Waals surface area contributed by atoms with Crippen LogP contribution in [0.5, 0.6) is 0 Å². The van der Waals surface area contributed by atoms with Gasteiger partial charge in [0.1, 0.15) is 6.04 Å². The summed E-state index contributed by atoms with van der Waals surface area (Å²) in [5, 5.41) is 0. The molecule has 2 unspecified atom stereocenters. The molecule has 0 aliphatic carbocycles. The van der Waals surface area contributed by atoms with E-state index in [-0.39, 0.29) is 42.8 Å². The number of rotatable bonds is 4. The van der Waals surface area contributed by atoms with Gasteiger partial charge in [-0.05, 0) is 32.0 Å². The summed E-state index contributed by atoms with van der Waals surface area (Å²) in [6.45, 7) is 4.42. The molecular weight excluding hydrogens is 321 g/mol. The second-order valence-electron chi connectivity index (χ2n) is 5.57. The average molecular weight is 348 g/mol. The van der Waals surface area contributed by atoms with Gasteiger partial charge in [0.2, 0.25) is 5.91 Å². The van der Waals surface area contributed by atoms with Gasteiger partial charge in [-0.25, -0.2) is 0 Å². The zero-order chi connectivity index (χ0) is 14.5. The number of nitrogens with two attached hydrogens (primary N) is 1. The van der Waals surface area contributed by atoms with E-state index in [9.17, 15) is 4.79 Å². The first-order valence-corrected chi connectivity index (χ1v) is 7.43. The maximum absolute atomic E-state index is 12.9. The summed E-state index contributed by atoms with van der Waals surface area (Å²) in [6.07, 6.45) is 2.02. The van der Waals surface area contributed by atoms with Crippen molar-refractivity contribution < 1.29 is 4.79 Å². The lowest BCUT2D eigenvalue weighted by Crippen LogP contribution is -2.49. The van der Waals surface area contributed by atoms with Crippen molar-refractivity contribution in [1.82, 2.24) is 9.80 Å². The Labute approximate surface area is 145 Å². The molecule has 2 N–H and O–H groups in total. The van der Waals surface area contributed by atoms with Gasteiger partial charge in [0.05, 0.1) is 0 Å². The fourth-order valence-electron chi connectivity index (χ4n) is 2.79. The Morgan fingerprint density at radius 1 is 1.36 bits per heavy atom. The zero-order valence-electron chi connectivity index (χ0n) is 13.3. The third-order valence-corrected chi connectivity index (χ3v) is 4.06. The number of amides is 1. The average Bonchev–Trinajstić information content (AvgIpc) is 2.48. The topological polar surface area (TPSA) is 49.6 Å². The largest absolute Gasteiger partial charge is 0.339 e. The first-order chi connectivity index (χ1) is 9.63. The number of benzene rings is 1. The lowest BCUT2D eigenvalue weighted by atomic mass is 10.0. The van der Waals surface area contributed by atoms with Crippen LogP contribution in [0.3, 0.4) is 0 Å². The standard InChI is InChI=1S/C16H25N3O.2ClH/c1-3-18(2)15(13-8-5-4-6-9-13)16(20)19-11-7-10-14(17)12-19;;/h4-6,8-9,14-15H,3,7,10-12,17H2,1-2H3;2*1H. The van der Waals surface area contributed by atoms with Crippen LogP contribution in [-0.4, -0.2) is 48.4 Å². The molecule has 126 valence electrons. The van der Waals surface area contributed by atoms with Crippen LogP contribution < -0.4 is 5.73 Å². The third-order valence-electron chi connectivity index (χ3n) is 4.06. The molecule has 1 aliphatic heterocycles. The molecule has 2 rings (SSSR count). The van der Waals surface area contributed by atoms with Gasteiger partial charge >= 0.3 is 0 Å². The van der Waals surface area contributed by atoms with E-state index in [4.69, 9.17) is 5.73 Å². The summed E-state index contributed by atoms with van der Waals surface area (Å²) in [5.41, 5.74) is 7.06. The first kappa shape index (κ1) is 21.2. The quantitative estimate of drug-likeness (QED) is 0.909. The van der Waals surface area contributed by atoms with Crippen LogP contribution in [0.2, 0.25) is 0 Å². The Hall–Kier alpha value is -0.810. The highest BCUT2D eigenvalue weighted by atomic mass is 35.5. The number of piperidine rings is 1. The fourth-order valence-corrected chi connectivity index (χ4v) is 2.79. The smallest absolute Gasteiger partial charge is 0.244 e. The van der Waals surface area contributed by atoms with Gasteiger partial charge in [-0.1, -0.05) is 37.3 Å². The molecule has 1 heterocycles. The summed E-state index contributed by atoms with van der Waals surface area (Å²) < 4.78 is 0. The molecule has 1 aromatic rings. The van der Waals surface area contributed by atoms with Crippen LogP contribution in [0.15, 0.2) is 30.3 Å². The van der Waals surface area contributed by atoms with E-state index in [2.05, 4.69) is 11.8 Å². The number of hydrogen-bond acceptors (Lipinski definition) is 3. The minimum atomic E-state index is -0.202. The molecule has 1 amide bonds. The first-order valence-electron chi connectivity index (χ1n) is 7.43. The van der Waals surface area contributed by atoms with E-state index in [1.54, 1.807) is 0 Å². The predicted molar refractivity (Wildman–Crippen MR) is 95.8 cm³/mol. The molecule has 2 atom stereocenters. The molecule has 1 aliphatic rings. The minimum absolute atomic E-state index is 0. The van der Waals surface area contributed by atoms with Gasteiger partial charge in [0.15, 0.2) is 0 Å². The van der Waals surface area contributed by atoms with E-state index in [0.717, 1.165) is 31.5 Å². The third kappa shape index (κ3) is 5.13. The number of likely N-dealkylation sites (N-methyl/N-ethyl adjacent to an activating group) is 1. The van der Waals surface area contributed by atoms with Gasteiger partial charge in [0.25, 0.3) is 0 Å². The van der Waals surface area contributed by atoms with Crippen molar-refractivity contribution in [3.63, 3.8) is 0 Å². The number of halogens is 2. The molecule has 1 fully saturated rings. The van der Waals surface area contributed by atoms with Crippen LogP contribution in [-0.2, 0) is 4.79 Å². The van der Waals surface area contributed by atoms with Crippen molar-refractivity contribution in [3.05, 3.63) is 35.9 Å². The number of hydrogen-bond donors (Lipinski definition) is 1. The van der Waals surface area contributed by atoms with Crippen molar-refractivity contribution in [2.75, 3.05) is 26.7 Å². The molecule has 6 heteroatoms. The fraction of sp³-hybridized carbons (Fsp3) is 0.562. The number of carbonyl (C=O) groups excluding carboxylic acids is 1. The summed E-state index contributed by atoms with van der Waals surface area (Å²) in [5.74, 6) is 0.177. The van der Waals surface area contributed by atoms with Crippen LogP contribution in [0.25, 0.3) is 0 Å². The van der Waals surface area contributed by atoms with E-state index < -0.39 is 0 Å². The van der Waals surface area contributed by atoms with Crippen LogP contribution in [0.1, 0.15) is 31.4 Å². The summed E-state index contributed by atoms with van der Waals surface area (Å²) >= 11 is 0. The maximum Gasteiger partial charge on any atom is 0.244 e. The Morgan fingerprint density at radius 3 is 2.55 bits per heavy atom. The van der Waals surface area contributed by atoms with Gasteiger partial charge in [-0.3, -0.25) is 9.69 Å². The number of nitrogens with zero attached hydrogens (tertiary/aromatic N) is 2. The highest BCUT2D eigenvalue weighted by Crippen LogP contribution is 2.23. The predicted octanol–water partition coefficient (Wildman–Crippen LogP) is 2.47. The van der Waals surface area contributed by atoms with Crippen molar-refractivity contribution >= 4 is 30.7 Å². The van der Waals surface area contributed by atoms with Gasteiger partial charge in [-0.2, -0.15) is 0 Å². The van der Waals surface area contributed by atoms with Crippen molar-refractivity contribution in [1.29, 1.82) is 0 Å². The molecule has 0 radical (unpaired) electrons. The zero-order valence-corrected chi connectivity index (χ0v) is 14.9. The summed E-state index contributed by atoms with van der Waals surface area (Å²) in [4.78, 5) is 16.9. The van der Waals surface area contributed by atoms with Crippen LogP contribution >= 0.6 is 24.8 Å². The highest BCUT2D eigenvalue weighted by Gasteiger charge is 2.30. The van der Waals surface area contributed by atoms with Gasteiger partial charge in [0, 0.05) is 19.1 Å². The molecule has 1 aromatic carbocycles. The van der Waals surface area contributed by atoms with Crippen molar-refractivity contribution in [2.45, 2.75) is 31.8 Å². The van der Waals surface area contributed by atoms with Crippen LogP contribution in [0, 0.1) is 0 Å². The Bertz CT molecular complexity index is 444. The molecule has 4 nitrogen and oxygen atoms in total. The normalized spacial score (nSPS) is 19.1. The SMILES string of the molecule is CCN(C)C(C(=O)N1CCCC(N)C1)c1ccccc1.Cl.Cl. The molecule has 0 spiro atoms. The molecule has 0 aromatic heterocycles. The van der Waals surface area contributed by atoms with Crippen molar-refractivity contribution in [2.24, 2.45) is 5.73 Å². The van der Waals surface area contributed by atoms with Crippen LogP contribution in [0.4, 0.5) is 0 Å². The van der Waals surface area contributed by atoms with E-state index >= 15 is 0 Å². The van der Waals surface area contributed by atoms with E-state index in [1.807, 2.05) is 42.3 Å². The Balaban J connectivity index is 0.00000220. The van der Waals surface area contributed by atoms with Gasteiger partial charge < -0.3 is 10.6 Å². The summed E-state index contributed by atoms with van der Waals surface area (Å²) in [6, 6.07) is 9.93. The minimum Gasteiger partial charge on any atom is -0.339 e. The monoisotopic (exact) mass is 347 g/mol. The second kappa shape index (κ2) is 10.1. The van der Waals surface area contributed by atoms with E-state index in [0.29, 0.717) is 6.54 Å². The second-order valence-corrected chi connectivity index (χ2v) is 5.57. The maximum atomic E-state index is 12.9. The van der Waals surface area contributed by atoms with Gasteiger partial charge in [-0.15, -0.1) is 24.8 Å². The van der Waals surface area contributed by atoms with E-state index in [1.165, 1.54) is 0 Å². The highest BCUT2D eigenvalue weighted by molar-refractivity contribution is 5.85. The Morgan fingerprint density at radius 2 is 2.00 bits per heavy atom. The lowest BCUT2D eigenvalue weighted by molar-refractivity contribution is -0.138. The molecule has 0 bridgehead atoms. The molecule has 22 heavy (non-hydrogen) atoms. The number of carbonyl (C=O) groups is 1. The Kier molecular flexibility index (Phi) is 9.69. The molecular formula is C16H27Cl2N3O. The lowest BCUT2D eigenvalue weighted by Gasteiger charge is -2.36. The molecule has 1 saturated heterocycles.